The van der Waals surface area contributed by atoms with Crippen molar-refractivity contribution in [2.75, 3.05) is 0 Å². The van der Waals surface area contributed by atoms with Crippen LogP contribution >= 0.6 is 0 Å². The van der Waals surface area contributed by atoms with E-state index in [0.29, 0.717) is 26.1 Å². The topological polar surface area (TPSA) is 151 Å². The van der Waals surface area contributed by atoms with E-state index in [1.54, 1.807) is 0 Å². The van der Waals surface area contributed by atoms with Crippen LogP contribution in [0.2, 0.25) is 0 Å². The van der Waals surface area contributed by atoms with E-state index in [9.17, 15) is 29.4 Å². The second-order valence-corrected chi connectivity index (χ2v) is 17.5. The molecular weight excluding hydrogens is 946 g/mol. The summed E-state index contributed by atoms with van der Waals surface area (Å²) in [6.07, 6.45) is 27.1. The average molecular weight is 1030 g/mol. The molecule has 0 spiro atoms. The molecule has 0 saturated heterocycles. The van der Waals surface area contributed by atoms with Gasteiger partial charge in [0, 0.05) is 25.8 Å². The van der Waals surface area contributed by atoms with Crippen LogP contribution in [-0.2, 0) is 51.3 Å². The van der Waals surface area contributed by atoms with Gasteiger partial charge in [0.15, 0.2) is 0 Å². The number of rotatable bonds is 40. The van der Waals surface area contributed by atoms with Gasteiger partial charge in [0.25, 0.3) is 0 Å². The van der Waals surface area contributed by atoms with Crippen LogP contribution in [0, 0.1) is 0 Å². The van der Waals surface area contributed by atoms with Crippen molar-refractivity contribution >= 4 is 72.8 Å². The van der Waals surface area contributed by atoms with Crippen LogP contribution in [-0.4, -0.2) is 97.2 Å². The van der Waals surface area contributed by atoms with E-state index < -0.39 is 11.9 Å². The van der Waals surface area contributed by atoms with E-state index in [1.807, 2.05) is 36.4 Å². The molecule has 11 heteroatoms. The maximum Gasteiger partial charge on any atom is 2.00 e. The van der Waals surface area contributed by atoms with E-state index in [-0.39, 0.29) is 98.1 Å². The van der Waals surface area contributed by atoms with Crippen LogP contribution in [0.3, 0.4) is 0 Å². The number of unbranched alkanes of at least 4 members (excludes halogenated alkanes) is 12. The Labute approximate surface area is 434 Å². The van der Waals surface area contributed by atoms with E-state index in [1.165, 1.54) is 25.0 Å². The van der Waals surface area contributed by atoms with Crippen molar-refractivity contribution in [2.45, 2.75) is 245 Å². The maximum atomic E-state index is 11.3. The summed E-state index contributed by atoms with van der Waals surface area (Å²) in [4.78, 5) is 43.7. The van der Waals surface area contributed by atoms with Gasteiger partial charge in [-0.2, -0.15) is 0 Å². The number of carbonyl (C=O) groups is 4. The summed E-state index contributed by atoms with van der Waals surface area (Å²) in [5.41, 5.74) is 2.38. The SMILES string of the molecule is CCCCC(CCCCC(CCCCCCCC(=O)[O-])OCc1ccccc1)OC(C)=O.CCCCC(CCCCC(CCCCCCCC(=O)[O-])OCc1ccccc1)OC(C)=O.[Ba+2]. The fraction of sp³-hybridized carbons (Fsp3) is 0.704. The van der Waals surface area contributed by atoms with E-state index in [2.05, 4.69) is 38.1 Å². The molecule has 0 aliphatic rings. The molecule has 0 aliphatic heterocycles. The first-order valence-electron chi connectivity index (χ1n) is 25.1. The Morgan fingerprint density at radius 1 is 0.415 bits per heavy atom. The third-order valence-electron chi connectivity index (χ3n) is 11.5. The zero-order valence-electron chi connectivity index (χ0n) is 41.1. The first-order chi connectivity index (χ1) is 31.0. The molecule has 65 heavy (non-hydrogen) atoms. The Morgan fingerprint density at radius 3 is 1.00 bits per heavy atom. The first kappa shape index (κ1) is 62.8. The number of benzene rings is 2. The molecule has 0 amide bonds. The smallest absolute Gasteiger partial charge is 0.550 e. The minimum absolute atomic E-state index is 0. The van der Waals surface area contributed by atoms with Crippen LogP contribution < -0.4 is 10.2 Å². The molecule has 2 rings (SSSR count). The van der Waals surface area contributed by atoms with Crippen molar-refractivity contribution in [3.63, 3.8) is 0 Å². The predicted octanol–water partition coefficient (Wildman–Crippen LogP) is 11.1. The van der Waals surface area contributed by atoms with Crippen LogP contribution in [0.25, 0.3) is 0 Å². The Morgan fingerprint density at radius 2 is 0.692 bits per heavy atom. The third kappa shape index (κ3) is 40.6. The molecule has 4 unspecified atom stereocenters. The summed E-state index contributed by atoms with van der Waals surface area (Å²) in [5.74, 6) is -2.28. The summed E-state index contributed by atoms with van der Waals surface area (Å²) in [6, 6.07) is 20.5. The Bertz CT molecular complexity index is 1320. The molecule has 0 aromatic heterocycles. The molecule has 364 valence electrons. The van der Waals surface area contributed by atoms with E-state index >= 15 is 0 Å². The Kier molecular flexibility index (Phi) is 42.8. The minimum Gasteiger partial charge on any atom is -0.550 e. The molecule has 0 N–H and O–H groups in total. The molecule has 2 aromatic carbocycles. The molecular formula is C54H86BaO10. The average Bonchev–Trinajstić information content (AvgIpc) is 3.27. The molecule has 10 nitrogen and oxygen atoms in total. The van der Waals surface area contributed by atoms with Gasteiger partial charge in [0.2, 0.25) is 0 Å². The summed E-state index contributed by atoms with van der Waals surface area (Å²) < 4.78 is 23.5. The second kappa shape index (κ2) is 44.3. The number of aliphatic carboxylic acids is 2. The Hall–Kier alpha value is -2.19. The van der Waals surface area contributed by atoms with Gasteiger partial charge in [-0.3, -0.25) is 9.59 Å². The number of ether oxygens (including phenoxy) is 4. The van der Waals surface area contributed by atoms with Gasteiger partial charge in [0.1, 0.15) is 12.2 Å². The molecule has 0 radical (unpaired) electrons. The predicted molar refractivity (Wildman–Crippen MR) is 258 cm³/mol. The minimum atomic E-state index is -0.954. The van der Waals surface area contributed by atoms with E-state index in [0.717, 1.165) is 154 Å². The molecule has 0 fully saturated rings. The van der Waals surface area contributed by atoms with Crippen LogP contribution in [0.4, 0.5) is 0 Å². The maximum absolute atomic E-state index is 11.3. The summed E-state index contributed by atoms with van der Waals surface area (Å²) in [7, 11) is 0. The number of hydrogen-bond donors (Lipinski definition) is 0. The van der Waals surface area contributed by atoms with Gasteiger partial charge in [0.05, 0.1) is 25.4 Å². The van der Waals surface area contributed by atoms with Crippen molar-refractivity contribution < 1.29 is 48.3 Å². The van der Waals surface area contributed by atoms with Crippen LogP contribution in [0.15, 0.2) is 60.7 Å². The van der Waals surface area contributed by atoms with Crippen molar-refractivity contribution in [1.82, 2.24) is 0 Å². The van der Waals surface area contributed by atoms with Gasteiger partial charge < -0.3 is 38.7 Å². The van der Waals surface area contributed by atoms with Crippen molar-refractivity contribution in [2.24, 2.45) is 0 Å². The van der Waals surface area contributed by atoms with Gasteiger partial charge in [-0.25, -0.2) is 0 Å². The first-order valence-corrected chi connectivity index (χ1v) is 25.1. The van der Waals surface area contributed by atoms with Gasteiger partial charge >= 0.3 is 60.8 Å². The summed E-state index contributed by atoms with van der Waals surface area (Å²) in [5, 5.41) is 21.0. The molecule has 0 aliphatic carbocycles. The standard InChI is InChI=1S/2C27H44O5.Ba/c2*1-3-4-17-26(32-23(2)28)20-14-13-19-25(31-22-24-15-9-8-10-16-24)18-11-6-5-7-12-21-27(29)30;/h2*8-10,15-16,25-26H,3-7,11-14,17-22H2,1-2H3,(H,29,30);/q;;+2/p-2. The zero-order chi connectivity index (χ0) is 46.9. The number of esters is 2. The fourth-order valence-corrected chi connectivity index (χ4v) is 7.89. The fourth-order valence-electron chi connectivity index (χ4n) is 7.89. The number of carbonyl (C=O) groups excluding carboxylic acids is 4. The number of hydrogen-bond acceptors (Lipinski definition) is 10. The monoisotopic (exact) mass is 1030 g/mol. The third-order valence-corrected chi connectivity index (χ3v) is 11.5. The van der Waals surface area contributed by atoms with Gasteiger partial charge in [-0.05, 0) is 101 Å². The molecule has 0 bridgehead atoms. The number of carboxylic acids is 2. The quantitative estimate of drug-likeness (QED) is 0.0358. The van der Waals surface area contributed by atoms with Crippen molar-refractivity contribution in [1.29, 1.82) is 0 Å². The molecule has 0 heterocycles. The van der Waals surface area contributed by atoms with Crippen LogP contribution in [0.5, 0.6) is 0 Å². The van der Waals surface area contributed by atoms with Crippen molar-refractivity contribution in [3.8, 4) is 0 Å². The molecule has 2 aromatic rings. The Balaban J connectivity index is 0.00000124. The largest absolute Gasteiger partial charge is 2.00 e. The molecule has 4 atom stereocenters. The summed E-state index contributed by atoms with van der Waals surface area (Å²) in [6.45, 7) is 8.55. The van der Waals surface area contributed by atoms with Crippen molar-refractivity contribution in [3.05, 3.63) is 71.8 Å². The normalized spacial score (nSPS) is 12.7. The van der Waals surface area contributed by atoms with Gasteiger partial charge in [-0.15, -0.1) is 0 Å². The van der Waals surface area contributed by atoms with Crippen LogP contribution in [0.1, 0.15) is 219 Å². The van der Waals surface area contributed by atoms with E-state index in [4.69, 9.17) is 18.9 Å². The summed E-state index contributed by atoms with van der Waals surface area (Å²) >= 11 is 0. The zero-order valence-corrected chi connectivity index (χ0v) is 45.5. The second-order valence-electron chi connectivity index (χ2n) is 17.5. The van der Waals surface area contributed by atoms with Gasteiger partial charge in [-0.1, -0.05) is 164 Å². The number of carboxylic acid groups (broad SMARTS) is 2. The molecule has 0 saturated carbocycles.